The highest BCUT2D eigenvalue weighted by atomic mass is 16.2. The van der Waals surface area contributed by atoms with Gasteiger partial charge in [0.2, 0.25) is 5.91 Å². The molecule has 0 N–H and O–H groups in total. The molecule has 1 aromatic rings. The monoisotopic (exact) mass is 220 g/mol. The number of nitrogens with zero attached hydrogens (tertiary/aromatic N) is 2. The van der Waals surface area contributed by atoms with Crippen LogP contribution in [0.3, 0.4) is 0 Å². The van der Waals surface area contributed by atoms with Crippen LogP contribution in [0.5, 0.6) is 0 Å². The van der Waals surface area contributed by atoms with E-state index in [0.29, 0.717) is 24.6 Å². The molecule has 0 bridgehead atoms. The minimum atomic E-state index is 0.00921. The highest BCUT2D eigenvalue weighted by Gasteiger charge is 2.28. The maximum absolute atomic E-state index is 11.9. The van der Waals surface area contributed by atoms with Gasteiger partial charge in [0.25, 0.3) is 0 Å². The Morgan fingerprint density at radius 3 is 2.81 bits per heavy atom. The molecule has 2 heterocycles. The smallest absolute Gasteiger partial charge is 0.223 e. The summed E-state index contributed by atoms with van der Waals surface area (Å²) < 4.78 is 1.78. The zero-order valence-electron chi connectivity index (χ0n) is 9.64. The first kappa shape index (κ1) is 10.9. The second-order valence-corrected chi connectivity index (χ2v) is 4.51. The number of hydrogen-bond donors (Lipinski definition) is 0. The molecule has 86 valence electrons. The lowest BCUT2D eigenvalue weighted by atomic mass is 10.2. The van der Waals surface area contributed by atoms with E-state index < -0.39 is 0 Å². The minimum Gasteiger partial charge on any atom is -0.348 e. The first-order chi connectivity index (χ1) is 7.58. The molecule has 4 nitrogen and oxygen atoms in total. The summed E-state index contributed by atoms with van der Waals surface area (Å²) in [6.07, 6.45) is 2.40. The van der Waals surface area contributed by atoms with Crippen LogP contribution < -0.4 is 0 Å². The van der Waals surface area contributed by atoms with Crippen molar-refractivity contribution in [2.45, 2.75) is 13.3 Å². The third-order valence-corrected chi connectivity index (χ3v) is 2.97. The summed E-state index contributed by atoms with van der Waals surface area (Å²) >= 11 is 0. The second-order valence-electron chi connectivity index (χ2n) is 4.51. The Hall–Kier alpha value is -1.58. The van der Waals surface area contributed by atoms with E-state index in [1.54, 1.807) is 15.5 Å². The number of Topliss-reactive ketones (excluding diaryl/α,β-unsaturated/α-hetero) is 1. The van der Waals surface area contributed by atoms with Crippen LogP contribution in [0.1, 0.15) is 23.8 Å². The summed E-state index contributed by atoms with van der Waals surface area (Å²) in [4.78, 5) is 25.1. The predicted molar refractivity (Wildman–Crippen MR) is 60.1 cm³/mol. The second kappa shape index (κ2) is 4.12. The lowest BCUT2D eigenvalue weighted by molar-refractivity contribution is -0.127. The van der Waals surface area contributed by atoms with Crippen molar-refractivity contribution < 1.29 is 9.59 Å². The van der Waals surface area contributed by atoms with Crippen LogP contribution in [0.25, 0.3) is 0 Å². The maximum Gasteiger partial charge on any atom is 0.223 e. The minimum absolute atomic E-state index is 0.00921. The molecule has 1 aliphatic heterocycles. The fraction of sp³-hybridized carbons (Fsp3) is 0.500. The van der Waals surface area contributed by atoms with Gasteiger partial charge in [-0.1, -0.05) is 6.92 Å². The Labute approximate surface area is 94.8 Å². The first-order valence-electron chi connectivity index (χ1n) is 5.50. The van der Waals surface area contributed by atoms with Gasteiger partial charge in [-0.15, -0.1) is 0 Å². The molecule has 0 radical (unpaired) electrons. The van der Waals surface area contributed by atoms with Crippen molar-refractivity contribution in [3.8, 4) is 0 Å². The van der Waals surface area contributed by atoms with E-state index in [1.807, 2.05) is 26.2 Å². The summed E-state index contributed by atoms with van der Waals surface area (Å²) in [7, 11) is 1.83. The highest BCUT2D eigenvalue weighted by Crippen LogP contribution is 2.17. The van der Waals surface area contributed by atoms with Gasteiger partial charge in [-0.3, -0.25) is 9.59 Å². The van der Waals surface area contributed by atoms with E-state index in [1.165, 1.54) is 0 Å². The number of rotatable bonds is 3. The normalized spacial score (nSPS) is 20.5. The van der Waals surface area contributed by atoms with Crippen LogP contribution in [0.4, 0.5) is 0 Å². The molecule has 1 saturated heterocycles. The molecule has 1 unspecified atom stereocenters. The average molecular weight is 220 g/mol. The van der Waals surface area contributed by atoms with E-state index in [0.717, 1.165) is 0 Å². The third kappa shape index (κ3) is 2.01. The molecule has 4 heteroatoms. The van der Waals surface area contributed by atoms with Gasteiger partial charge in [-0.2, -0.15) is 0 Å². The van der Waals surface area contributed by atoms with Crippen molar-refractivity contribution in [2.24, 2.45) is 13.0 Å². The quantitative estimate of drug-likeness (QED) is 0.715. The van der Waals surface area contributed by atoms with Crippen molar-refractivity contribution in [2.75, 3.05) is 13.1 Å². The lowest BCUT2D eigenvalue weighted by Crippen LogP contribution is -2.31. The van der Waals surface area contributed by atoms with Gasteiger partial charge in [-0.05, 0) is 18.1 Å². The Balaban J connectivity index is 2.03. The molecule has 1 amide bonds. The Bertz CT molecular complexity index is 422. The summed E-state index contributed by atoms with van der Waals surface area (Å²) in [5, 5.41) is 0. The molecule has 16 heavy (non-hydrogen) atoms. The number of hydrogen-bond acceptors (Lipinski definition) is 2. The van der Waals surface area contributed by atoms with Crippen molar-refractivity contribution in [3.63, 3.8) is 0 Å². The molecule has 1 atom stereocenters. The lowest BCUT2D eigenvalue weighted by Gasteiger charge is -2.15. The molecule has 1 aliphatic rings. The molecule has 1 aromatic heterocycles. The Morgan fingerprint density at radius 2 is 2.31 bits per heavy atom. The van der Waals surface area contributed by atoms with Crippen LogP contribution in [0, 0.1) is 5.92 Å². The highest BCUT2D eigenvalue weighted by molar-refractivity contribution is 5.98. The van der Waals surface area contributed by atoms with Crippen LogP contribution in [-0.2, 0) is 11.8 Å². The number of carbonyl (C=O) groups excluding carboxylic acids is 2. The van der Waals surface area contributed by atoms with Gasteiger partial charge in [0.1, 0.15) is 0 Å². The molecular formula is C12H16N2O2. The number of carbonyl (C=O) groups is 2. The van der Waals surface area contributed by atoms with E-state index >= 15 is 0 Å². The first-order valence-corrected chi connectivity index (χ1v) is 5.50. The van der Waals surface area contributed by atoms with Crippen LogP contribution >= 0.6 is 0 Å². The summed E-state index contributed by atoms with van der Waals surface area (Å²) in [6.45, 7) is 2.95. The zero-order valence-corrected chi connectivity index (χ0v) is 9.64. The molecule has 1 fully saturated rings. The molecule has 0 aromatic carbocycles. The maximum atomic E-state index is 11.9. The average Bonchev–Trinajstić information content (AvgIpc) is 2.74. The zero-order chi connectivity index (χ0) is 11.7. The number of ketones is 1. The summed E-state index contributed by atoms with van der Waals surface area (Å²) in [5.74, 6) is 0.471. The number of aryl methyl sites for hydroxylation is 1. The van der Waals surface area contributed by atoms with Gasteiger partial charge in [0, 0.05) is 26.2 Å². The molecule has 0 aliphatic carbocycles. The molecular weight excluding hydrogens is 204 g/mol. The third-order valence-electron chi connectivity index (χ3n) is 2.97. The van der Waals surface area contributed by atoms with Crippen LogP contribution in [0.2, 0.25) is 0 Å². The van der Waals surface area contributed by atoms with Crippen molar-refractivity contribution in [1.82, 2.24) is 9.47 Å². The largest absolute Gasteiger partial charge is 0.348 e. The van der Waals surface area contributed by atoms with E-state index in [2.05, 4.69) is 0 Å². The number of aromatic nitrogens is 1. The van der Waals surface area contributed by atoms with Crippen LogP contribution in [-0.4, -0.2) is 34.2 Å². The number of likely N-dealkylation sites (tertiary alicyclic amines) is 1. The van der Waals surface area contributed by atoms with Gasteiger partial charge in [-0.25, -0.2) is 0 Å². The van der Waals surface area contributed by atoms with Crippen molar-refractivity contribution in [1.29, 1.82) is 0 Å². The van der Waals surface area contributed by atoms with E-state index in [9.17, 15) is 9.59 Å². The van der Waals surface area contributed by atoms with Crippen molar-refractivity contribution >= 4 is 11.7 Å². The molecule has 2 rings (SSSR count). The fourth-order valence-electron chi connectivity index (χ4n) is 2.13. The standard InChI is InChI=1S/C12H16N2O2/c1-9-6-12(16)14(7-9)8-11(15)10-4-3-5-13(10)2/h3-5,9H,6-8H2,1-2H3. The molecule has 0 spiro atoms. The summed E-state index contributed by atoms with van der Waals surface area (Å²) in [5.41, 5.74) is 0.660. The van der Waals surface area contributed by atoms with Crippen molar-refractivity contribution in [3.05, 3.63) is 24.0 Å². The van der Waals surface area contributed by atoms with Gasteiger partial charge in [0.15, 0.2) is 5.78 Å². The number of amides is 1. The summed E-state index contributed by atoms with van der Waals surface area (Å²) in [6, 6.07) is 3.62. The van der Waals surface area contributed by atoms with Gasteiger partial charge >= 0.3 is 0 Å². The van der Waals surface area contributed by atoms with E-state index in [-0.39, 0.29) is 18.2 Å². The Morgan fingerprint density at radius 1 is 1.56 bits per heavy atom. The Kier molecular flexibility index (Phi) is 2.81. The SMILES string of the molecule is CC1CC(=O)N(CC(=O)c2cccn2C)C1. The van der Waals surface area contributed by atoms with Gasteiger partial charge in [0.05, 0.1) is 12.2 Å². The fourth-order valence-corrected chi connectivity index (χ4v) is 2.13. The topological polar surface area (TPSA) is 42.3 Å². The van der Waals surface area contributed by atoms with Crippen LogP contribution in [0.15, 0.2) is 18.3 Å². The predicted octanol–water partition coefficient (Wildman–Crippen LogP) is 1.08. The van der Waals surface area contributed by atoms with E-state index in [4.69, 9.17) is 0 Å². The van der Waals surface area contributed by atoms with Gasteiger partial charge < -0.3 is 9.47 Å². The molecule has 0 saturated carbocycles.